The molecule has 178 valence electrons. The van der Waals surface area contributed by atoms with Gasteiger partial charge in [-0.3, -0.25) is 5.10 Å². The average molecular weight is 475 g/mol. The number of pyridine rings is 1. The largest absolute Gasteiger partial charge is 0.491 e. The van der Waals surface area contributed by atoms with E-state index in [2.05, 4.69) is 30.5 Å². The summed E-state index contributed by atoms with van der Waals surface area (Å²) in [5.41, 5.74) is 8.92. The SMILES string of the molecule is CNc1ccc2ccc(OCC3CC(F)C(n4cc(-c5ccn[nH]5)c5c(N)ncnc54)O3)cc2n1. The van der Waals surface area contributed by atoms with E-state index in [1.54, 1.807) is 17.0 Å². The quantitative estimate of drug-likeness (QED) is 0.340. The van der Waals surface area contributed by atoms with Crippen molar-refractivity contribution < 1.29 is 13.9 Å². The Morgan fingerprint density at radius 2 is 2.14 bits per heavy atom. The van der Waals surface area contributed by atoms with Gasteiger partial charge in [-0.1, -0.05) is 0 Å². The van der Waals surface area contributed by atoms with Crippen LogP contribution in [0, 0.1) is 0 Å². The topological polar surface area (TPSA) is 129 Å². The van der Waals surface area contributed by atoms with Crippen molar-refractivity contribution in [3.05, 3.63) is 55.1 Å². The Hall–Kier alpha value is -4.25. The number of anilines is 2. The second kappa shape index (κ2) is 8.51. The number of halogens is 1. The van der Waals surface area contributed by atoms with E-state index in [9.17, 15) is 0 Å². The predicted octanol–water partition coefficient (Wildman–Crippen LogP) is 3.70. The number of hydrogen-bond donors (Lipinski definition) is 3. The molecule has 0 aliphatic carbocycles. The zero-order valence-electron chi connectivity index (χ0n) is 18.9. The molecule has 4 aromatic heterocycles. The van der Waals surface area contributed by atoms with Crippen molar-refractivity contribution in [3.8, 4) is 17.0 Å². The Balaban J connectivity index is 1.23. The van der Waals surface area contributed by atoms with E-state index in [1.807, 2.05) is 43.4 Å². The third-order valence-corrected chi connectivity index (χ3v) is 6.19. The molecule has 1 aliphatic heterocycles. The van der Waals surface area contributed by atoms with Gasteiger partial charge in [0, 0.05) is 42.9 Å². The Bertz CT molecular complexity index is 1500. The van der Waals surface area contributed by atoms with E-state index in [0.717, 1.165) is 28.0 Å². The fraction of sp³-hybridized carbons (Fsp3) is 0.250. The number of aromatic nitrogens is 6. The fourth-order valence-electron chi connectivity index (χ4n) is 4.48. The molecule has 11 heteroatoms. The molecule has 0 amide bonds. The Kier molecular flexibility index (Phi) is 5.18. The molecule has 0 radical (unpaired) electrons. The fourth-order valence-corrected chi connectivity index (χ4v) is 4.48. The van der Waals surface area contributed by atoms with Crippen LogP contribution in [0.5, 0.6) is 5.75 Å². The van der Waals surface area contributed by atoms with E-state index >= 15 is 4.39 Å². The number of nitrogens with zero attached hydrogens (tertiary/aromatic N) is 5. The van der Waals surface area contributed by atoms with Crippen LogP contribution in [-0.4, -0.2) is 55.6 Å². The Morgan fingerprint density at radius 1 is 1.26 bits per heavy atom. The van der Waals surface area contributed by atoms with Gasteiger partial charge in [-0.2, -0.15) is 5.10 Å². The van der Waals surface area contributed by atoms with Crippen molar-refractivity contribution >= 4 is 33.6 Å². The second-order valence-electron chi connectivity index (χ2n) is 8.39. The Labute approximate surface area is 199 Å². The van der Waals surface area contributed by atoms with Crippen LogP contribution in [0.2, 0.25) is 0 Å². The third kappa shape index (κ3) is 3.79. The van der Waals surface area contributed by atoms with Gasteiger partial charge in [-0.05, 0) is 30.3 Å². The maximum atomic E-state index is 15.2. The summed E-state index contributed by atoms with van der Waals surface area (Å²) in [5.74, 6) is 1.72. The monoisotopic (exact) mass is 474 g/mol. The van der Waals surface area contributed by atoms with Gasteiger partial charge in [0.2, 0.25) is 0 Å². The Morgan fingerprint density at radius 3 is 2.97 bits per heavy atom. The molecule has 1 saturated heterocycles. The van der Waals surface area contributed by atoms with Crippen LogP contribution >= 0.6 is 0 Å². The first-order valence-corrected chi connectivity index (χ1v) is 11.2. The van der Waals surface area contributed by atoms with Gasteiger partial charge in [0.05, 0.1) is 22.7 Å². The molecule has 1 aliphatic rings. The highest BCUT2D eigenvalue weighted by atomic mass is 19.1. The number of rotatable bonds is 6. The van der Waals surface area contributed by atoms with Gasteiger partial charge in [-0.15, -0.1) is 0 Å². The lowest BCUT2D eigenvalue weighted by molar-refractivity contribution is -0.0309. The van der Waals surface area contributed by atoms with Crippen LogP contribution in [0.3, 0.4) is 0 Å². The number of aromatic amines is 1. The molecule has 3 atom stereocenters. The summed E-state index contributed by atoms with van der Waals surface area (Å²) in [5, 5.41) is 11.6. The van der Waals surface area contributed by atoms with E-state index in [1.165, 1.54) is 6.33 Å². The molecule has 0 bridgehead atoms. The number of nitrogen functional groups attached to an aromatic ring is 1. The summed E-state index contributed by atoms with van der Waals surface area (Å²) in [6, 6.07) is 11.4. The molecule has 10 nitrogen and oxygen atoms in total. The second-order valence-corrected chi connectivity index (χ2v) is 8.39. The van der Waals surface area contributed by atoms with Crippen LogP contribution in [0.15, 0.2) is 55.1 Å². The summed E-state index contributed by atoms with van der Waals surface area (Å²) in [7, 11) is 1.82. The van der Waals surface area contributed by atoms with Crippen molar-refractivity contribution in [3.63, 3.8) is 0 Å². The molecule has 3 unspecified atom stereocenters. The number of hydrogen-bond acceptors (Lipinski definition) is 8. The summed E-state index contributed by atoms with van der Waals surface area (Å²) < 4.78 is 28.9. The molecule has 1 fully saturated rings. The zero-order valence-corrected chi connectivity index (χ0v) is 18.9. The third-order valence-electron chi connectivity index (χ3n) is 6.19. The van der Waals surface area contributed by atoms with Crippen LogP contribution in [0.4, 0.5) is 16.0 Å². The molecular weight excluding hydrogens is 451 g/mol. The minimum absolute atomic E-state index is 0.194. The molecule has 5 heterocycles. The highest BCUT2D eigenvalue weighted by molar-refractivity contribution is 5.99. The lowest BCUT2D eigenvalue weighted by atomic mass is 10.2. The maximum absolute atomic E-state index is 15.2. The number of alkyl halides is 1. The smallest absolute Gasteiger partial charge is 0.167 e. The number of H-pyrrole nitrogens is 1. The van der Waals surface area contributed by atoms with Crippen molar-refractivity contribution in [1.29, 1.82) is 0 Å². The summed E-state index contributed by atoms with van der Waals surface area (Å²) in [4.78, 5) is 13.0. The van der Waals surface area contributed by atoms with Crippen LogP contribution < -0.4 is 15.8 Å². The highest BCUT2D eigenvalue weighted by Gasteiger charge is 2.38. The molecule has 5 aromatic rings. The maximum Gasteiger partial charge on any atom is 0.167 e. The molecule has 0 spiro atoms. The molecule has 35 heavy (non-hydrogen) atoms. The van der Waals surface area contributed by atoms with Crippen LogP contribution in [-0.2, 0) is 4.74 Å². The van der Waals surface area contributed by atoms with E-state index in [0.29, 0.717) is 22.6 Å². The molecule has 1 aromatic carbocycles. The summed E-state index contributed by atoms with van der Waals surface area (Å²) >= 11 is 0. The lowest BCUT2D eigenvalue weighted by Crippen LogP contribution is -2.19. The highest BCUT2D eigenvalue weighted by Crippen LogP contribution is 2.38. The number of benzene rings is 1. The van der Waals surface area contributed by atoms with Crippen molar-refractivity contribution in [2.75, 3.05) is 24.7 Å². The standard InChI is InChI=1S/C24H23FN8O2/c1-27-20-5-3-13-2-4-14(9-19(13)31-20)34-11-15-8-17(25)24(35-15)33-10-16(18-6-7-30-32-18)21-22(26)28-12-29-23(21)33/h2-7,9-10,12,15,17,24H,8,11H2,1H3,(H,27,31)(H,30,32)(H2,26,28,29). The first-order valence-electron chi connectivity index (χ1n) is 11.2. The summed E-state index contributed by atoms with van der Waals surface area (Å²) in [6.45, 7) is 0.206. The van der Waals surface area contributed by atoms with Crippen LogP contribution in [0.1, 0.15) is 12.6 Å². The van der Waals surface area contributed by atoms with Gasteiger partial charge in [0.1, 0.15) is 42.1 Å². The van der Waals surface area contributed by atoms with E-state index in [-0.39, 0.29) is 13.0 Å². The van der Waals surface area contributed by atoms with Gasteiger partial charge in [0.15, 0.2) is 6.23 Å². The van der Waals surface area contributed by atoms with Gasteiger partial charge in [0.25, 0.3) is 0 Å². The normalized spacial score (nSPS) is 20.0. The number of nitrogens with one attached hydrogen (secondary N) is 2. The van der Waals surface area contributed by atoms with Gasteiger partial charge < -0.3 is 25.1 Å². The molecule has 4 N–H and O–H groups in total. The van der Waals surface area contributed by atoms with Crippen LogP contribution in [0.25, 0.3) is 33.2 Å². The summed E-state index contributed by atoms with van der Waals surface area (Å²) in [6.07, 6.45) is 2.42. The first-order chi connectivity index (χ1) is 17.1. The minimum atomic E-state index is -1.25. The first kappa shape index (κ1) is 21.3. The number of ether oxygens (including phenoxy) is 2. The van der Waals surface area contributed by atoms with E-state index in [4.69, 9.17) is 15.2 Å². The van der Waals surface area contributed by atoms with Crippen molar-refractivity contribution in [2.45, 2.75) is 24.9 Å². The minimum Gasteiger partial charge on any atom is -0.491 e. The van der Waals surface area contributed by atoms with Gasteiger partial charge in [-0.25, -0.2) is 19.3 Å². The molecular formula is C24H23FN8O2. The molecule has 0 saturated carbocycles. The molecule has 6 rings (SSSR count). The van der Waals surface area contributed by atoms with Crippen molar-refractivity contribution in [1.82, 2.24) is 29.7 Å². The number of nitrogens with two attached hydrogens (primary N) is 1. The van der Waals surface area contributed by atoms with E-state index < -0.39 is 18.5 Å². The van der Waals surface area contributed by atoms with Crippen molar-refractivity contribution in [2.24, 2.45) is 0 Å². The zero-order chi connectivity index (χ0) is 23.9. The predicted molar refractivity (Wildman–Crippen MR) is 130 cm³/mol. The lowest BCUT2D eigenvalue weighted by Gasteiger charge is -2.17. The number of fused-ring (bicyclic) bond motifs is 2. The van der Waals surface area contributed by atoms with Gasteiger partial charge >= 0.3 is 0 Å². The average Bonchev–Trinajstić information content (AvgIpc) is 3.61.